The van der Waals surface area contributed by atoms with Crippen LogP contribution in [0.1, 0.15) is 35.6 Å². The summed E-state index contributed by atoms with van der Waals surface area (Å²) in [5.74, 6) is 0.0156. The molecule has 1 fully saturated rings. The average molecular weight is 566 g/mol. The lowest BCUT2D eigenvalue weighted by Gasteiger charge is -2.31. The molecule has 40 heavy (non-hydrogen) atoms. The third kappa shape index (κ3) is 6.41. The van der Waals surface area contributed by atoms with Crippen LogP contribution in [0.25, 0.3) is 22.5 Å². The zero-order valence-electron chi connectivity index (χ0n) is 21.6. The van der Waals surface area contributed by atoms with Crippen molar-refractivity contribution in [1.82, 2.24) is 25.1 Å². The van der Waals surface area contributed by atoms with Crippen molar-refractivity contribution >= 4 is 17.9 Å². The van der Waals surface area contributed by atoms with Gasteiger partial charge in [0, 0.05) is 36.3 Å². The molecule has 1 aliphatic heterocycles. The molecular weight excluding hydrogens is 539 g/mol. The molecule has 0 saturated carbocycles. The minimum atomic E-state index is -4.49. The van der Waals surface area contributed by atoms with Crippen LogP contribution in [-0.4, -0.2) is 50.5 Å². The number of ether oxygens (including phenoxy) is 1. The lowest BCUT2D eigenvalue weighted by Crippen LogP contribution is -2.38. The van der Waals surface area contributed by atoms with Crippen LogP contribution in [-0.2, 0) is 17.5 Å². The molecule has 2 aromatic carbocycles. The number of amides is 1. The molecular formula is C29H26F3N5O2S. The number of thioether (sulfide) groups is 1. The van der Waals surface area contributed by atoms with Crippen LogP contribution in [0, 0.1) is 0 Å². The van der Waals surface area contributed by atoms with Gasteiger partial charge in [-0.2, -0.15) is 18.3 Å². The molecule has 206 valence electrons. The normalized spacial score (nSPS) is 14.2. The van der Waals surface area contributed by atoms with Crippen molar-refractivity contribution in [1.29, 1.82) is 0 Å². The number of carbonyl (C=O) groups is 1. The van der Waals surface area contributed by atoms with Crippen LogP contribution >= 0.6 is 11.8 Å². The maximum atomic E-state index is 13.4. The number of likely N-dealkylation sites (tertiary alicyclic amines) is 1. The molecule has 0 N–H and O–H groups in total. The predicted molar refractivity (Wildman–Crippen MR) is 145 cm³/mol. The van der Waals surface area contributed by atoms with Gasteiger partial charge in [0.1, 0.15) is 12.3 Å². The molecule has 0 aliphatic carbocycles. The molecule has 11 heteroatoms. The van der Waals surface area contributed by atoms with E-state index in [4.69, 9.17) is 4.74 Å². The van der Waals surface area contributed by atoms with Gasteiger partial charge in [-0.1, -0.05) is 54.2 Å². The average Bonchev–Trinajstić information content (AvgIpc) is 3.00. The third-order valence-corrected chi connectivity index (χ3v) is 7.31. The van der Waals surface area contributed by atoms with E-state index >= 15 is 0 Å². The number of nitrogens with zero attached hydrogens (tertiary/aromatic N) is 5. The number of aromatic nitrogens is 4. The quantitative estimate of drug-likeness (QED) is 0.187. The van der Waals surface area contributed by atoms with Gasteiger partial charge in [-0.3, -0.25) is 0 Å². The fourth-order valence-electron chi connectivity index (χ4n) is 4.62. The van der Waals surface area contributed by atoms with E-state index in [0.29, 0.717) is 59.3 Å². The molecule has 2 aromatic heterocycles. The monoisotopic (exact) mass is 565 g/mol. The molecule has 4 aromatic rings. The molecule has 0 spiro atoms. The van der Waals surface area contributed by atoms with Crippen molar-refractivity contribution in [3.8, 4) is 22.5 Å². The van der Waals surface area contributed by atoms with Crippen LogP contribution in [0.15, 0.2) is 78.1 Å². The highest BCUT2D eigenvalue weighted by molar-refractivity contribution is 7.98. The minimum absolute atomic E-state index is 0.0156. The summed E-state index contributed by atoms with van der Waals surface area (Å²) in [6.07, 6.45) is -0.0830. The van der Waals surface area contributed by atoms with Gasteiger partial charge in [0.2, 0.25) is 0 Å². The standard InChI is InChI=1S/C29H26F3N5O2S/c1-40-27-33-13-10-24(34-27)23-17-25(35-36-26(23)21-8-5-9-22(16-21)29(30,31)32)20-11-14-37(15-12-20)28(38)39-18-19-6-3-2-4-7-19/h2-10,13,16-17,20H,11-12,14-15,18H2,1H3. The summed E-state index contributed by atoms with van der Waals surface area (Å²) in [5.41, 5.74) is 2.58. The van der Waals surface area contributed by atoms with Crippen molar-refractivity contribution < 1.29 is 22.7 Å². The molecule has 0 unspecified atom stereocenters. The summed E-state index contributed by atoms with van der Waals surface area (Å²) in [6, 6.07) is 18.1. The second kappa shape index (κ2) is 12.0. The summed E-state index contributed by atoms with van der Waals surface area (Å²) in [4.78, 5) is 23.1. The Hall–Kier alpha value is -3.99. The topological polar surface area (TPSA) is 81.1 Å². The van der Waals surface area contributed by atoms with Crippen LogP contribution in [0.5, 0.6) is 0 Å². The first-order chi connectivity index (χ1) is 19.3. The van der Waals surface area contributed by atoms with Crippen molar-refractivity contribution in [3.05, 3.63) is 89.7 Å². The zero-order chi connectivity index (χ0) is 28.1. The summed E-state index contributed by atoms with van der Waals surface area (Å²) >= 11 is 1.37. The first-order valence-electron chi connectivity index (χ1n) is 12.7. The Morgan fingerprint density at radius 3 is 2.52 bits per heavy atom. The lowest BCUT2D eigenvalue weighted by molar-refractivity contribution is -0.137. The predicted octanol–water partition coefficient (Wildman–Crippen LogP) is 6.86. The van der Waals surface area contributed by atoms with E-state index in [9.17, 15) is 18.0 Å². The summed E-state index contributed by atoms with van der Waals surface area (Å²) in [6.45, 7) is 1.20. The van der Waals surface area contributed by atoms with Crippen molar-refractivity contribution in [2.24, 2.45) is 0 Å². The highest BCUT2D eigenvalue weighted by Gasteiger charge is 2.31. The second-order valence-corrected chi connectivity index (χ2v) is 10.1. The van der Waals surface area contributed by atoms with E-state index in [1.807, 2.05) is 42.7 Å². The minimum Gasteiger partial charge on any atom is -0.445 e. The van der Waals surface area contributed by atoms with Gasteiger partial charge in [-0.25, -0.2) is 14.8 Å². The van der Waals surface area contributed by atoms with E-state index in [1.165, 1.54) is 17.8 Å². The number of halogens is 3. The fraction of sp³-hybridized carbons (Fsp3) is 0.276. The summed E-state index contributed by atoms with van der Waals surface area (Å²) in [5, 5.41) is 9.37. The number of piperidine rings is 1. The smallest absolute Gasteiger partial charge is 0.416 e. The number of hydrogen-bond acceptors (Lipinski definition) is 7. The molecule has 1 amide bonds. The van der Waals surface area contributed by atoms with Gasteiger partial charge < -0.3 is 9.64 Å². The van der Waals surface area contributed by atoms with Crippen molar-refractivity contribution in [2.75, 3.05) is 19.3 Å². The lowest BCUT2D eigenvalue weighted by atomic mass is 9.91. The largest absolute Gasteiger partial charge is 0.445 e. The Bertz CT molecular complexity index is 1480. The fourth-order valence-corrected chi connectivity index (χ4v) is 4.97. The first kappa shape index (κ1) is 27.6. The molecule has 3 heterocycles. The zero-order valence-corrected chi connectivity index (χ0v) is 22.5. The van der Waals surface area contributed by atoms with Crippen LogP contribution in [0.4, 0.5) is 18.0 Å². The molecule has 1 aliphatic rings. The SMILES string of the molecule is CSc1nccc(-c2cc(C3CCN(C(=O)OCc4ccccc4)CC3)nnc2-c2cccc(C(F)(F)F)c2)n1. The molecule has 1 saturated heterocycles. The van der Waals surface area contributed by atoms with E-state index in [0.717, 1.165) is 17.7 Å². The van der Waals surface area contributed by atoms with Crippen molar-refractivity contribution in [2.45, 2.75) is 36.7 Å². The van der Waals surface area contributed by atoms with E-state index in [-0.39, 0.29) is 18.6 Å². The van der Waals surface area contributed by atoms with Gasteiger partial charge in [-0.05, 0) is 48.9 Å². The Morgan fingerprint density at radius 1 is 1.02 bits per heavy atom. The third-order valence-electron chi connectivity index (χ3n) is 6.74. The Kier molecular flexibility index (Phi) is 8.29. The summed E-state index contributed by atoms with van der Waals surface area (Å²) < 4.78 is 45.8. The van der Waals surface area contributed by atoms with Crippen molar-refractivity contribution in [3.63, 3.8) is 0 Å². The summed E-state index contributed by atoms with van der Waals surface area (Å²) in [7, 11) is 0. The molecule has 0 radical (unpaired) electrons. The van der Waals surface area contributed by atoms with Gasteiger partial charge in [0.05, 0.1) is 17.0 Å². The first-order valence-corrected chi connectivity index (χ1v) is 13.9. The molecule has 7 nitrogen and oxygen atoms in total. The van der Waals surface area contributed by atoms with Gasteiger partial charge in [0.25, 0.3) is 0 Å². The maximum Gasteiger partial charge on any atom is 0.416 e. The van der Waals surface area contributed by atoms with E-state index in [2.05, 4.69) is 20.2 Å². The number of carbonyl (C=O) groups excluding carboxylic acids is 1. The highest BCUT2D eigenvalue weighted by atomic mass is 32.2. The Balaban J connectivity index is 1.38. The van der Waals surface area contributed by atoms with Gasteiger partial charge in [-0.15, -0.1) is 5.10 Å². The number of rotatable bonds is 6. The van der Waals surface area contributed by atoms with Gasteiger partial charge in [0.15, 0.2) is 5.16 Å². The van der Waals surface area contributed by atoms with Crippen LogP contribution in [0.2, 0.25) is 0 Å². The molecule has 5 rings (SSSR count). The number of hydrogen-bond donors (Lipinski definition) is 0. The molecule has 0 atom stereocenters. The van der Waals surface area contributed by atoms with E-state index in [1.54, 1.807) is 23.2 Å². The second-order valence-electron chi connectivity index (χ2n) is 9.34. The van der Waals surface area contributed by atoms with Gasteiger partial charge >= 0.3 is 12.3 Å². The Morgan fingerprint density at radius 2 is 1.80 bits per heavy atom. The highest BCUT2D eigenvalue weighted by Crippen LogP contribution is 2.37. The van der Waals surface area contributed by atoms with Crippen LogP contribution < -0.4 is 0 Å². The van der Waals surface area contributed by atoms with Crippen LogP contribution in [0.3, 0.4) is 0 Å². The molecule has 0 bridgehead atoms. The number of benzene rings is 2. The van der Waals surface area contributed by atoms with E-state index < -0.39 is 11.7 Å². The maximum absolute atomic E-state index is 13.4. The number of alkyl halides is 3. The Labute approximate surface area is 233 Å².